The molecule has 3 rings (SSSR count). The summed E-state index contributed by atoms with van der Waals surface area (Å²) in [5, 5.41) is 58.7. The van der Waals surface area contributed by atoms with Gasteiger partial charge >= 0.3 is 0 Å². The van der Waals surface area contributed by atoms with Gasteiger partial charge in [0.2, 0.25) is 0 Å². The van der Waals surface area contributed by atoms with E-state index in [2.05, 4.69) is 0 Å². The van der Waals surface area contributed by atoms with Gasteiger partial charge in [0.25, 0.3) is 0 Å². The minimum atomic E-state index is -0.664. The van der Waals surface area contributed by atoms with Crippen molar-refractivity contribution in [3.63, 3.8) is 0 Å². The highest BCUT2D eigenvalue weighted by Crippen LogP contribution is 2.35. The first-order chi connectivity index (χ1) is 14.1. The molecule has 0 aliphatic heterocycles. The molecule has 1 aromatic heterocycles. The van der Waals surface area contributed by atoms with E-state index in [1.807, 2.05) is 0 Å². The summed E-state index contributed by atoms with van der Waals surface area (Å²) >= 11 is 0. The van der Waals surface area contributed by atoms with Crippen LogP contribution in [0.1, 0.15) is 33.4 Å². The molecule has 0 fully saturated rings. The Kier molecular flexibility index (Phi) is 6.43. The average molecular weight is 402 g/mol. The van der Waals surface area contributed by atoms with Crippen LogP contribution in [-0.2, 0) is 39.6 Å². The van der Waals surface area contributed by atoms with E-state index in [0.29, 0.717) is 11.1 Å². The summed E-state index contributed by atoms with van der Waals surface area (Å²) in [4.78, 5) is 13.2. The SMILES string of the molecule is O=c1c(CO)c(-c2ccccc2CO)oc2c(CO)c(CO)c(CO)c(CO)c12. The molecular weight excluding hydrogens is 380 g/mol. The fourth-order valence-corrected chi connectivity index (χ4v) is 3.67. The maximum absolute atomic E-state index is 13.2. The fourth-order valence-electron chi connectivity index (χ4n) is 3.67. The fraction of sp³-hybridized carbons (Fsp3) is 0.286. The van der Waals surface area contributed by atoms with E-state index in [-0.39, 0.29) is 51.2 Å². The Hall–Kier alpha value is -2.59. The highest BCUT2D eigenvalue weighted by molar-refractivity contribution is 5.88. The molecule has 154 valence electrons. The molecule has 0 saturated carbocycles. The molecule has 29 heavy (non-hydrogen) atoms. The number of benzene rings is 2. The van der Waals surface area contributed by atoms with Crippen molar-refractivity contribution >= 4 is 11.0 Å². The van der Waals surface area contributed by atoms with Crippen LogP contribution in [-0.4, -0.2) is 30.6 Å². The van der Waals surface area contributed by atoms with E-state index < -0.39 is 38.5 Å². The van der Waals surface area contributed by atoms with Crippen molar-refractivity contribution in [3.8, 4) is 11.3 Å². The van der Waals surface area contributed by atoms with Crippen molar-refractivity contribution in [3.05, 3.63) is 67.9 Å². The summed E-state index contributed by atoms with van der Waals surface area (Å²) < 4.78 is 5.96. The van der Waals surface area contributed by atoms with Crippen molar-refractivity contribution in [2.75, 3.05) is 0 Å². The lowest BCUT2D eigenvalue weighted by atomic mass is 9.91. The van der Waals surface area contributed by atoms with Crippen molar-refractivity contribution in [2.45, 2.75) is 39.6 Å². The quantitative estimate of drug-likeness (QED) is 0.333. The number of hydrogen-bond acceptors (Lipinski definition) is 8. The van der Waals surface area contributed by atoms with Crippen LogP contribution in [0.25, 0.3) is 22.3 Å². The molecule has 3 aromatic rings. The zero-order chi connectivity index (χ0) is 21.1. The minimum Gasteiger partial charge on any atom is -0.455 e. The topological polar surface area (TPSA) is 152 Å². The molecule has 6 N–H and O–H groups in total. The predicted octanol–water partition coefficient (Wildman–Crippen LogP) is 0.414. The van der Waals surface area contributed by atoms with Gasteiger partial charge in [0.05, 0.1) is 50.6 Å². The van der Waals surface area contributed by atoms with E-state index in [9.17, 15) is 35.4 Å². The maximum Gasteiger partial charge on any atom is 0.199 e. The highest BCUT2D eigenvalue weighted by atomic mass is 16.3. The van der Waals surface area contributed by atoms with E-state index in [0.717, 1.165) is 0 Å². The Morgan fingerprint density at radius 3 is 1.76 bits per heavy atom. The number of hydrogen-bond donors (Lipinski definition) is 6. The van der Waals surface area contributed by atoms with Gasteiger partial charge in [-0.05, 0) is 22.3 Å². The van der Waals surface area contributed by atoms with Crippen LogP contribution in [0.3, 0.4) is 0 Å². The Labute approximate surface area is 165 Å². The molecule has 2 aromatic carbocycles. The molecule has 0 radical (unpaired) electrons. The second-order valence-corrected chi connectivity index (χ2v) is 6.46. The first kappa shape index (κ1) is 21.1. The third-order valence-corrected chi connectivity index (χ3v) is 5.10. The zero-order valence-corrected chi connectivity index (χ0v) is 15.6. The van der Waals surface area contributed by atoms with Gasteiger partial charge in [-0.1, -0.05) is 24.3 Å². The molecule has 0 unspecified atom stereocenters. The normalized spacial score (nSPS) is 11.4. The molecule has 1 heterocycles. The Morgan fingerprint density at radius 1 is 0.655 bits per heavy atom. The van der Waals surface area contributed by atoms with Gasteiger partial charge in [0, 0.05) is 11.1 Å². The summed E-state index contributed by atoms with van der Waals surface area (Å²) in [5.41, 5.74) is 0.549. The number of fused-ring (bicyclic) bond motifs is 1. The molecule has 0 aliphatic rings. The number of rotatable bonds is 7. The lowest BCUT2D eigenvalue weighted by Gasteiger charge is -2.19. The Morgan fingerprint density at radius 2 is 1.21 bits per heavy atom. The lowest BCUT2D eigenvalue weighted by molar-refractivity contribution is 0.240. The first-order valence-corrected chi connectivity index (χ1v) is 8.96. The van der Waals surface area contributed by atoms with Crippen LogP contribution in [0, 0.1) is 0 Å². The van der Waals surface area contributed by atoms with Gasteiger partial charge in [-0.2, -0.15) is 0 Å². The van der Waals surface area contributed by atoms with Gasteiger partial charge in [-0.15, -0.1) is 0 Å². The molecule has 0 saturated heterocycles. The minimum absolute atomic E-state index is 0.0221. The zero-order valence-electron chi connectivity index (χ0n) is 15.6. The molecule has 8 heteroatoms. The average Bonchev–Trinajstić information content (AvgIpc) is 2.76. The third kappa shape index (κ3) is 3.36. The second kappa shape index (κ2) is 8.83. The molecule has 0 atom stereocenters. The Bertz CT molecular complexity index is 1100. The van der Waals surface area contributed by atoms with Gasteiger partial charge in [-0.3, -0.25) is 4.79 Å². The summed E-state index contributed by atoms with van der Waals surface area (Å²) in [6.45, 7) is -3.33. The van der Waals surface area contributed by atoms with Gasteiger partial charge < -0.3 is 35.1 Å². The summed E-state index contributed by atoms with van der Waals surface area (Å²) in [6, 6.07) is 6.64. The Balaban J connectivity index is 2.57. The molecule has 0 bridgehead atoms. The van der Waals surface area contributed by atoms with Gasteiger partial charge in [0.15, 0.2) is 5.43 Å². The molecular formula is C21H22O8. The number of aliphatic hydroxyl groups is 6. The lowest BCUT2D eigenvalue weighted by Crippen LogP contribution is -2.17. The van der Waals surface area contributed by atoms with Crippen LogP contribution in [0.15, 0.2) is 33.5 Å². The van der Waals surface area contributed by atoms with Crippen LogP contribution >= 0.6 is 0 Å². The summed E-state index contributed by atoms with van der Waals surface area (Å²) in [6.07, 6.45) is 0. The van der Waals surface area contributed by atoms with Crippen molar-refractivity contribution in [2.24, 2.45) is 0 Å². The molecule has 0 amide bonds. The summed E-state index contributed by atoms with van der Waals surface area (Å²) in [7, 11) is 0. The van der Waals surface area contributed by atoms with E-state index in [1.165, 1.54) is 0 Å². The monoisotopic (exact) mass is 402 g/mol. The third-order valence-electron chi connectivity index (χ3n) is 5.10. The van der Waals surface area contributed by atoms with Gasteiger partial charge in [-0.25, -0.2) is 0 Å². The predicted molar refractivity (Wildman–Crippen MR) is 103 cm³/mol. The molecule has 0 aliphatic carbocycles. The van der Waals surface area contributed by atoms with Crippen molar-refractivity contribution in [1.82, 2.24) is 0 Å². The van der Waals surface area contributed by atoms with Crippen LogP contribution in [0.2, 0.25) is 0 Å². The highest BCUT2D eigenvalue weighted by Gasteiger charge is 2.25. The molecule has 0 spiro atoms. The van der Waals surface area contributed by atoms with E-state index >= 15 is 0 Å². The first-order valence-electron chi connectivity index (χ1n) is 8.96. The van der Waals surface area contributed by atoms with Crippen molar-refractivity contribution in [1.29, 1.82) is 0 Å². The van der Waals surface area contributed by atoms with Crippen LogP contribution in [0.4, 0.5) is 0 Å². The van der Waals surface area contributed by atoms with Crippen LogP contribution in [0.5, 0.6) is 0 Å². The van der Waals surface area contributed by atoms with Crippen molar-refractivity contribution < 1.29 is 35.1 Å². The van der Waals surface area contributed by atoms with Gasteiger partial charge in [0.1, 0.15) is 11.3 Å². The maximum atomic E-state index is 13.2. The number of aliphatic hydroxyl groups excluding tert-OH is 6. The molecule has 8 nitrogen and oxygen atoms in total. The van der Waals surface area contributed by atoms with E-state index in [4.69, 9.17) is 4.42 Å². The van der Waals surface area contributed by atoms with Crippen LogP contribution < -0.4 is 5.43 Å². The standard InChI is InChI=1S/C21H22O8/c22-5-11-3-1-2-4-12(11)20-17(10-27)19(28)18-15(8-25)13(6-23)14(7-24)16(9-26)21(18)29-20/h1-4,22-27H,5-10H2. The summed E-state index contributed by atoms with van der Waals surface area (Å²) in [5.74, 6) is 0.0221. The smallest absolute Gasteiger partial charge is 0.199 e. The largest absolute Gasteiger partial charge is 0.455 e. The second-order valence-electron chi connectivity index (χ2n) is 6.46. The van der Waals surface area contributed by atoms with E-state index in [1.54, 1.807) is 24.3 Å².